The van der Waals surface area contributed by atoms with Gasteiger partial charge in [0.1, 0.15) is 11.6 Å². The Morgan fingerprint density at radius 2 is 1.34 bits per heavy atom. The van der Waals surface area contributed by atoms with Crippen molar-refractivity contribution in [3.63, 3.8) is 0 Å². The summed E-state index contributed by atoms with van der Waals surface area (Å²) in [6.07, 6.45) is 0. The van der Waals surface area contributed by atoms with E-state index in [0.717, 1.165) is 10.6 Å². The van der Waals surface area contributed by atoms with Crippen LogP contribution in [0.1, 0.15) is 32.0 Å². The number of esters is 1. The molecule has 0 saturated carbocycles. The molecule has 5 heteroatoms. The number of aromatic nitrogens is 1. The maximum absolute atomic E-state index is 12.4. The van der Waals surface area contributed by atoms with Crippen LogP contribution in [0.2, 0.25) is 0 Å². The second-order valence-electron chi connectivity index (χ2n) is 6.36. The van der Waals surface area contributed by atoms with E-state index < -0.39 is 5.97 Å². The van der Waals surface area contributed by atoms with Gasteiger partial charge >= 0.3 is 5.97 Å². The molecule has 0 radical (unpaired) electrons. The number of ketones is 1. The lowest BCUT2D eigenvalue weighted by molar-refractivity contribution is 0.0468. The van der Waals surface area contributed by atoms with Crippen LogP contribution in [-0.2, 0) is 11.3 Å². The molecule has 0 spiro atoms. The molecule has 29 heavy (non-hydrogen) atoms. The van der Waals surface area contributed by atoms with Crippen molar-refractivity contribution >= 4 is 23.1 Å². The Morgan fingerprint density at radius 3 is 2.03 bits per heavy atom. The molecular formula is C24H17NO3S. The van der Waals surface area contributed by atoms with Gasteiger partial charge in [-0.15, -0.1) is 11.3 Å². The van der Waals surface area contributed by atoms with Crippen molar-refractivity contribution < 1.29 is 14.3 Å². The van der Waals surface area contributed by atoms with Gasteiger partial charge in [-0.3, -0.25) is 4.79 Å². The third kappa shape index (κ3) is 4.47. The Bertz CT molecular complexity index is 1120. The summed E-state index contributed by atoms with van der Waals surface area (Å²) in [4.78, 5) is 29.3. The number of nitrogens with zero attached hydrogens (tertiary/aromatic N) is 1. The standard InChI is InChI=1S/C24H17NO3S/c26-22(17-7-3-1-4-8-17)18-11-13-20(14-12-18)24(27)28-15-21-16-29-23(25-21)19-9-5-2-6-10-19/h1-14,16H,15H2. The van der Waals surface area contributed by atoms with Crippen molar-refractivity contribution in [3.05, 3.63) is 113 Å². The highest BCUT2D eigenvalue weighted by Crippen LogP contribution is 2.23. The average molecular weight is 399 g/mol. The molecule has 0 aliphatic rings. The van der Waals surface area contributed by atoms with Gasteiger partial charge in [-0.05, 0) is 12.1 Å². The first-order chi connectivity index (χ1) is 14.2. The lowest BCUT2D eigenvalue weighted by Gasteiger charge is -2.05. The molecule has 4 nitrogen and oxygen atoms in total. The van der Waals surface area contributed by atoms with Gasteiger partial charge in [0.15, 0.2) is 5.78 Å². The van der Waals surface area contributed by atoms with Crippen LogP contribution in [0, 0.1) is 0 Å². The maximum Gasteiger partial charge on any atom is 0.338 e. The number of rotatable bonds is 6. The molecule has 0 N–H and O–H groups in total. The zero-order valence-electron chi connectivity index (χ0n) is 15.4. The SMILES string of the molecule is O=C(OCc1csc(-c2ccccc2)n1)c1ccc(C(=O)c2ccccc2)cc1. The highest BCUT2D eigenvalue weighted by molar-refractivity contribution is 7.13. The van der Waals surface area contributed by atoms with Crippen LogP contribution in [-0.4, -0.2) is 16.7 Å². The van der Waals surface area contributed by atoms with Crippen LogP contribution in [0.3, 0.4) is 0 Å². The molecule has 0 amide bonds. The van der Waals surface area contributed by atoms with Crippen molar-refractivity contribution in [2.45, 2.75) is 6.61 Å². The molecule has 0 aliphatic carbocycles. The first-order valence-electron chi connectivity index (χ1n) is 9.07. The summed E-state index contributed by atoms with van der Waals surface area (Å²) >= 11 is 1.51. The molecule has 0 fully saturated rings. The third-order valence-electron chi connectivity index (χ3n) is 4.34. The number of carbonyl (C=O) groups excluding carboxylic acids is 2. The Labute approximate surface area is 172 Å². The summed E-state index contributed by atoms with van der Waals surface area (Å²) in [7, 11) is 0. The van der Waals surface area contributed by atoms with E-state index in [-0.39, 0.29) is 12.4 Å². The van der Waals surface area contributed by atoms with Crippen molar-refractivity contribution in [2.75, 3.05) is 0 Å². The molecule has 0 aliphatic heterocycles. The first-order valence-corrected chi connectivity index (χ1v) is 9.95. The van der Waals surface area contributed by atoms with E-state index >= 15 is 0 Å². The number of hydrogen-bond donors (Lipinski definition) is 0. The Morgan fingerprint density at radius 1 is 0.759 bits per heavy atom. The van der Waals surface area contributed by atoms with E-state index in [4.69, 9.17) is 4.74 Å². The summed E-state index contributed by atoms with van der Waals surface area (Å²) in [5.41, 5.74) is 3.28. The van der Waals surface area contributed by atoms with Crippen molar-refractivity contribution in [1.82, 2.24) is 4.98 Å². The van der Waals surface area contributed by atoms with Crippen LogP contribution < -0.4 is 0 Å². The molecule has 4 rings (SSSR count). The largest absolute Gasteiger partial charge is 0.456 e. The smallest absolute Gasteiger partial charge is 0.338 e. The predicted molar refractivity (Wildman–Crippen MR) is 113 cm³/mol. The molecular weight excluding hydrogens is 382 g/mol. The van der Waals surface area contributed by atoms with Gasteiger partial charge in [0.05, 0.1) is 11.3 Å². The lowest BCUT2D eigenvalue weighted by Crippen LogP contribution is -2.07. The molecule has 1 aromatic heterocycles. The van der Waals surface area contributed by atoms with Crippen molar-refractivity contribution in [2.24, 2.45) is 0 Å². The Hall–Kier alpha value is -3.57. The molecule has 0 unspecified atom stereocenters. The van der Waals surface area contributed by atoms with Crippen LogP contribution in [0.15, 0.2) is 90.3 Å². The van der Waals surface area contributed by atoms with Gasteiger partial charge in [0.2, 0.25) is 0 Å². The van der Waals surface area contributed by atoms with Crippen LogP contribution in [0.25, 0.3) is 10.6 Å². The molecule has 142 valence electrons. The zero-order valence-corrected chi connectivity index (χ0v) is 16.3. The third-order valence-corrected chi connectivity index (χ3v) is 5.28. The number of hydrogen-bond acceptors (Lipinski definition) is 5. The molecule has 3 aromatic carbocycles. The van der Waals surface area contributed by atoms with E-state index in [1.54, 1.807) is 36.4 Å². The fourth-order valence-electron chi connectivity index (χ4n) is 2.82. The second-order valence-corrected chi connectivity index (χ2v) is 7.22. The molecule has 0 atom stereocenters. The second kappa shape index (κ2) is 8.63. The summed E-state index contributed by atoms with van der Waals surface area (Å²) in [5, 5.41) is 2.78. The highest BCUT2D eigenvalue weighted by Gasteiger charge is 2.12. The average Bonchev–Trinajstić information content (AvgIpc) is 3.27. The molecule has 0 saturated heterocycles. The predicted octanol–water partition coefficient (Wildman–Crippen LogP) is 5.40. The first kappa shape index (κ1) is 18.8. The minimum atomic E-state index is -0.446. The van der Waals surface area contributed by atoms with E-state index in [0.29, 0.717) is 22.4 Å². The molecule has 4 aromatic rings. The van der Waals surface area contributed by atoms with Gasteiger partial charge in [-0.1, -0.05) is 72.8 Å². The summed E-state index contributed by atoms with van der Waals surface area (Å²) in [6.45, 7) is 0.104. The number of ether oxygens (including phenoxy) is 1. The van der Waals surface area contributed by atoms with Crippen LogP contribution in [0.4, 0.5) is 0 Å². The molecule has 0 bridgehead atoms. The van der Waals surface area contributed by atoms with Gasteiger partial charge in [-0.25, -0.2) is 9.78 Å². The quantitative estimate of drug-likeness (QED) is 0.322. The van der Waals surface area contributed by atoms with Gasteiger partial charge in [0.25, 0.3) is 0 Å². The highest BCUT2D eigenvalue weighted by atomic mass is 32.1. The van der Waals surface area contributed by atoms with E-state index in [1.807, 2.05) is 53.9 Å². The summed E-state index contributed by atoms with van der Waals surface area (Å²) in [6, 6.07) is 25.4. The Balaban J connectivity index is 1.38. The van der Waals surface area contributed by atoms with Crippen LogP contribution in [0.5, 0.6) is 0 Å². The van der Waals surface area contributed by atoms with Gasteiger partial charge < -0.3 is 4.74 Å². The lowest BCUT2D eigenvalue weighted by atomic mass is 10.0. The topological polar surface area (TPSA) is 56.3 Å². The van der Waals surface area contributed by atoms with E-state index in [1.165, 1.54) is 11.3 Å². The van der Waals surface area contributed by atoms with Gasteiger partial charge in [0, 0.05) is 22.1 Å². The zero-order chi connectivity index (χ0) is 20.1. The molecule has 1 heterocycles. The normalized spacial score (nSPS) is 10.5. The number of thiazole rings is 1. The summed E-state index contributed by atoms with van der Waals surface area (Å²) < 4.78 is 5.37. The van der Waals surface area contributed by atoms with E-state index in [9.17, 15) is 9.59 Å². The fourth-order valence-corrected chi connectivity index (χ4v) is 3.63. The van der Waals surface area contributed by atoms with E-state index in [2.05, 4.69) is 4.98 Å². The van der Waals surface area contributed by atoms with Crippen molar-refractivity contribution in [3.8, 4) is 10.6 Å². The minimum Gasteiger partial charge on any atom is -0.456 e. The van der Waals surface area contributed by atoms with Gasteiger partial charge in [-0.2, -0.15) is 0 Å². The monoisotopic (exact) mass is 399 g/mol. The fraction of sp³-hybridized carbons (Fsp3) is 0.0417. The number of carbonyl (C=O) groups is 2. The minimum absolute atomic E-state index is 0.0820. The Kier molecular flexibility index (Phi) is 5.59. The number of benzene rings is 3. The summed E-state index contributed by atoms with van der Waals surface area (Å²) in [5.74, 6) is -0.528. The van der Waals surface area contributed by atoms with Crippen LogP contribution >= 0.6 is 11.3 Å². The maximum atomic E-state index is 12.4. The van der Waals surface area contributed by atoms with Crippen molar-refractivity contribution in [1.29, 1.82) is 0 Å².